The number of aromatic nitrogens is 1. The van der Waals surface area contributed by atoms with Crippen LogP contribution >= 0.6 is 11.8 Å². The lowest BCUT2D eigenvalue weighted by Gasteiger charge is -2.10. The van der Waals surface area contributed by atoms with Gasteiger partial charge in [-0.25, -0.2) is 4.98 Å². The van der Waals surface area contributed by atoms with Crippen molar-refractivity contribution in [2.45, 2.75) is 11.9 Å². The molecule has 0 radical (unpaired) electrons. The zero-order valence-electron chi connectivity index (χ0n) is 16.7. The quantitative estimate of drug-likeness (QED) is 0.316. The largest absolute Gasteiger partial charge is 0.494 e. The number of amides is 1. The number of nitriles is 1. The number of hydrogen-bond acceptors (Lipinski definition) is 8. The number of anilines is 1. The molecule has 0 unspecified atom stereocenters. The fourth-order valence-electron chi connectivity index (χ4n) is 2.80. The van der Waals surface area contributed by atoms with Gasteiger partial charge in [-0.15, -0.1) is 0 Å². The van der Waals surface area contributed by atoms with Crippen LogP contribution in [0.1, 0.15) is 12.5 Å². The molecule has 10 heteroatoms. The van der Waals surface area contributed by atoms with Crippen molar-refractivity contribution in [3.8, 4) is 17.6 Å². The maximum atomic E-state index is 12.4. The number of nitro benzene ring substituents is 1. The molecule has 1 N–H and O–H groups in total. The van der Waals surface area contributed by atoms with Crippen LogP contribution < -0.4 is 14.8 Å². The third-order valence-corrected chi connectivity index (χ3v) is 5.18. The summed E-state index contributed by atoms with van der Waals surface area (Å²) in [7, 11) is 1.36. The van der Waals surface area contributed by atoms with E-state index in [0.29, 0.717) is 34.1 Å². The summed E-state index contributed by atoms with van der Waals surface area (Å²) >= 11 is 1.12. The molecule has 31 heavy (non-hydrogen) atoms. The Morgan fingerprint density at radius 1 is 1.29 bits per heavy atom. The zero-order valence-corrected chi connectivity index (χ0v) is 17.6. The molecular weight excluding hydrogens is 420 g/mol. The first-order valence-corrected chi connectivity index (χ1v) is 10.2. The maximum absolute atomic E-state index is 12.4. The molecule has 1 aromatic heterocycles. The SMILES string of the molecule is CCOc1ccc2nc(SCC(=O)Nc3ccc([N+](=O)[O-])cc3OC)c(C#N)cc2c1. The summed E-state index contributed by atoms with van der Waals surface area (Å²) in [6.45, 7) is 2.42. The first-order chi connectivity index (χ1) is 14.9. The van der Waals surface area contributed by atoms with E-state index in [1.54, 1.807) is 18.2 Å². The van der Waals surface area contributed by atoms with E-state index in [2.05, 4.69) is 16.4 Å². The van der Waals surface area contributed by atoms with E-state index in [1.807, 2.05) is 13.0 Å². The predicted octanol–water partition coefficient (Wildman–Crippen LogP) is 4.15. The van der Waals surface area contributed by atoms with Crippen molar-refractivity contribution in [2.24, 2.45) is 0 Å². The minimum Gasteiger partial charge on any atom is -0.494 e. The molecule has 9 nitrogen and oxygen atoms in total. The highest BCUT2D eigenvalue weighted by Crippen LogP contribution is 2.30. The molecule has 0 atom stereocenters. The number of nitrogens with zero attached hydrogens (tertiary/aromatic N) is 3. The standard InChI is InChI=1S/C21H18N4O5S/c1-3-30-16-5-7-17-13(9-16)8-14(11-22)21(24-17)31-12-20(26)23-18-6-4-15(25(27)28)10-19(18)29-2/h4-10H,3,12H2,1-2H3,(H,23,26). The van der Waals surface area contributed by atoms with Crippen molar-refractivity contribution in [2.75, 3.05) is 24.8 Å². The Labute approximate surface area is 182 Å². The minimum absolute atomic E-state index is 0.00957. The second kappa shape index (κ2) is 9.77. The summed E-state index contributed by atoms with van der Waals surface area (Å²) in [5.41, 5.74) is 1.21. The van der Waals surface area contributed by atoms with E-state index in [4.69, 9.17) is 9.47 Å². The molecule has 0 saturated heterocycles. The Bertz CT molecular complexity index is 1190. The average Bonchev–Trinajstić information content (AvgIpc) is 2.77. The normalized spacial score (nSPS) is 10.4. The number of non-ortho nitro benzene ring substituents is 1. The monoisotopic (exact) mass is 438 g/mol. The number of nitrogens with one attached hydrogen (secondary N) is 1. The van der Waals surface area contributed by atoms with Gasteiger partial charge in [-0.05, 0) is 37.3 Å². The summed E-state index contributed by atoms with van der Waals surface area (Å²) in [6.07, 6.45) is 0. The number of pyridine rings is 1. The van der Waals surface area contributed by atoms with Crippen LogP contribution in [0.2, 0.25) is 0 Å². The number of hydrogen-bond donors (Lipinski definition) is 1. The summed E-state index contributed by atoms with van der Waals surface area (Å²) in [5.74, 6) is 0.496. The van der Waals surface area contributed by atoms with Crippen molar-refractivity contribution in [1.29, 1.82) is 5.26 Å². The molecule has 0 aliphatic heterocycles. The van der Waals surface area contributed by atoms with Crippen LogP contribution in [0.15, 0.2) is 47.5 Å². The van der Waals surface area contributed by atoms with Gasteiger partial charge in [-0.3, -0.25) is 14.9 Å². The highest BCUT2D eigenvalue weighted by Gasteiger charge is 2.15. The van der Waals surface area contributed by atoms with Crippen LogP contribution in [0.3, 0.4) is 0 Å². The van der Waals surface area contributed by atoms with E-state index < -0.39 is 4.92 Å². The van der Waals surface area contributed by atoms with Gasteiger partial charge in [0.2, 0.25) is 5.91 Å². The number of nitro groups is 1. The summed E-state index contributed by atoms with van der Waals surface area (Å²) < 4.78 is 10.6. The fourth-order valence-corrected chi connectivity index (χ4v) is 3.56. The van der Waals surface area contributed by atoms with E-state index in [0.717, 1.165) is 17.1 Å². The van der Waals surface area contributed by atoms with E-state index >= 15 is 0 Å². The first-order valence-electron chi connectivity index (χ1n) is 9.18. The number of carbonyl (C=O) groups is 1. The van der Waals surface area contributed by atoms with Crippen LogP contribution in [0.25, 0.3) is 10.9 Å². The van der Waals surface area contributed by atoms with E-state index in [-0.39, 0.29) is 23.1 Å². The highest BCUT2D eigenvalue weighted by molar-refractivity contribution is 8.00. The Balaban J connectivity index is 1.74. The Morgan fingerprint density at radius 3 is 2.77 bits per heavy atom. The second-order valence-corrected chi connectivity index (χ2v) is 7.18. The molecule has 0 aliphatic rings. The molecule has 0 fully saturated rings. The molecule has 158 valence electrons. The predicted molar refractivity (Wildman–Crippen MR) is 117 cm³/mol. The van der Waals surface area contributed by atoms with Crippen molar-refractivity contribution in [3.05, 3.63) is 58.1 Å². The average molecular weight is 438 g/mol. The Morgan fingerprint density at radius 2 is 2.10 bits per heavy atom. The lowest BCUT2D eigenvalue weighted by Crippen LogP contribution is -2.15. The number of fused-ring (bicyclic) bond motifs is 1. The van der Waals surface area contributed by atoms with Gasteiger partial charge < -0.3 is 14.8 Å². The molecule has 1 amide bonds. The second-order valence-electron chi connectivity index (χ2n) is 6.22. The third-order valence-electron chi connectivity index (χ3n) is 4.19. The molecule has 0 aliphatic carbocycles. The molecule has 2 aromatic carbocycles. The van der Waals surface area contributed by atoms with Crippen LogP contribution in [0.4, 0.5) is 11.4 Å². The van der Waals surface area contributed by atoms with Gasteiger partial charge in [-0.2, -0.15) is 5.26 Å². The van der Waals surface area contributed by atoms with Crippen LogP contribution in [-0.4, -0.2) is 35.3 Å². The number of methoxy groups -OCH3 is 1. The van der Waals surface area contributed by atoms with Crippen molar-refractivity contribution < 1.29 is 19.2 Å². The minimum atomic E-state index is -0.546. The number of benzene rings is 2. The lowest BCUT2D eigenvalue weighted by atomic mass is 10.1. The van der Waals surface area contributed by atoms with Crippen LogP contribution in [0.5, 0.6) is 11.5 Å². The third kappa shape index (κ3) is 5.21. The number of carbonyl (C=O) groups excluding carboxylic acids is 1. The Hall–Kier alpha value is -3.84. The summed E-state index contributed by atoms with van der Waals surface area (Å²) in [4.78, 5) is 27.2. The topological polar surface area (TPSA) is 127 Å². The maximum Gasteiger partial charge on any atom is 0.273 e. The molecule has 3 aromatic rings. The van der Waals surface area contributed by atoms with Gasteiger partial charge in [0.05, 0.1) is 47.2 Å². The van der Waals surface area contributed by atoms with Gasteiger partial charge in [-0.1, -0.05) is 11.8 Å². The first kappa shape index (κ1) is 21.9. The van der Waals surface area contributed by atoms with Gasteiger partial charge >= 0.3 is 0 Å². The number of thioether (sulfide) groups is 1. The van der Waals surface area contributed by atoms with Crippen LogP contribution in [-0.2, 0) is 4.79 Å². The van der Waals surface area contributed by atoms with E-state index in [1.165, 1.54) is 25.3 Å². The highest BCUT2D eigenvalue weighted by atomic mass is 32.2. The smallest absolute Gasteiger partial charge is 0.273 e. The molecule has 3 rings (SSSR count). The Kier molecular flexibility index (Phi) is 6.89. The van der Waals surface area contributed by atoms with Gasteiger partial charge in [0.15, 0.2) is 0 Å². The fraction of sp³-hybridized carbons (Fsp3) is 0.190. The van der Waals surface area contributed by atoms with Crippen molar-refractivity contribution >= 4 is 39.9 Å². The number of ether oxygens (including phenoxy) is 2. The summed E-state index contributed by atoms with van der Waals surface area (Å²) in [5, 5.41) is 24.2. The van der Waals surface area contributed by atoms with Crippen molar-refractivity contribution in [3.63, 3.8) is 0 Å². The molecular formula is C21H18N4O5S. The number of rotatable bonds is 8. The van der Waals surface area contributed by atoms with Crippen LogP contribution in [0, 0.1) is 21.4 Å². The van der Waals surface area contributed by atoms with Gasteiger partial charge in [0.1, 0.15) is 22.6 Å². The molecule has 0 saturated carbocycles. The summed E-state index contributed by atoms with van der Waals surface area (Å²) in [6, 6.07) is 13.2. The van der Waals surface area contributed by atoms with Crippen molar-refractivity contribution in [1.82, 2.24) is 4.98 Å². The van der Waals surface area contributed by atoms with Gasteiger partial charge in [0.25, 0.3) is 5.69 Å². The lowest BCUT2D eigenvalue weighted by molar-refractivity contribution is -0.384. The van der Waals surface area contributed by atoms with E-state index in [9.17, 15) is 20.2 Å². The zero-order chi connectivity index (χ0) is 22.4. The molecule has 0 bridgehead atoms. The van der Waals surface area contributed by atoms with Gasteiger partial charge in [0, 0.05) is 11.5 Å². The molecule has 1 heterocycles. The molecule has 0 spiro atoms.